The molecule has 2 aromatic carbocycles. The average molecular weight is 417 g/mol. The first kappa shape index (κ1) is 20.5. The van der Waals surface area contributed by atoms with Gasteiger partial charge in [0.25, 0.3) is 0 Å². The summed E-state index contributed by atoms with van der Waals surface area (Å²) in [7, 11) is -2.00. The lowest BCUT2D eigenvalue weighted by atomic mass is 10.0. The van der Waals surface area contributed by atoms with Crippen molar-refractivity contribution in [3.63, 3.8) is 0 Å². The summed E-state index contributed by atoms with van der Waals surface area (Å²) in [5, 5.41) is 3.18. The minimum absolute atomic E-state index is 0.123. The maximum atomic E-state index is 12.4. The number of benzene rings is 2. The fraction of sp³-hybridized carbons (Fsp3) is 0.235. The second-order valence-electron chi connectivity index (χ2n) is 5.57. The molecule has 0 fully saturated rings. The monoisotopic (exact) mass is 416 g/mol. The fourth-order valence-corrected chi connectivity index (χ4v) is 3.39. The molecule has 1 amide bonds. The molecule has 26 heavy (non-hydrogen) atoms. The largest absolute Gasteiger partial charge is 0.497 e. The number of rotatable bonds is 7. The van der Waals surface area contributed by atoms with E-state index in [4.69, 9.17) is 27.9 Å². The van der Waals surface area contributed by atoms with Gasteiger partial charge in [0.2, 0.25) is 15.9 Å². The van der Waals surface area contributed by atoms with Gasteiger partial charge in [0.1, 0.15) is 5.75 Å². The Kier molecular flexibility index (Phi) is 6.88. The SMILES string of the molecule is COc1ccc([C@H](CC(=O)Nc2cccc(Cl)c2Cl)NS(C)(=O)=O)cc1. The van der Waals surface area contributed by atoms with Gasteiger partial charge in [-0.15, -0.1) is 0 Å². The van der Waals surface area contributed by atoms with E-state index in [0.717, 1.165) is 6.26 Å². The summed E-state index contributed by atoms with van der Waals surface area (Å²) in [5.74, 6) is 0.216. The summed E-state index contributed by atoms with van der Waals surface area (Å²) in [6.07, 6.45) is 0.914. The van der Waals surface area contributed by atoms with Crippen LogP contribution in [0, 0.1) is 0 Å². The predicted octanol–water partition coefficient (Wildman–Crippen LogP) is 3.62. The van der Waals surface area contributed by atoms with Crippen molar-refractivity contribution in [1.29, 1.82) is 0 Å². The molecule has 0 aliphatic heterocycles. The third-order valence-corrected chi connectivity index (χ3v) is 5.02. The number of ether oxygens (including phenoxy) is 1. The molecule has 2 aromatic rings. The number of anilines is 1. The molecule has 0 bridgehead atoms. The van der Waals surface area contributed by atoms with Gasteiger partial charge in [-0.1, -0.05) is 41.4 Å². The number of hydrogen-bond donors (Lipinski definition) is 2. The Labute approximate surface area is 162 Å². The predicted molar refractivity (Wildman–Crippen MR) is 103 cm³/mol. The normalized spacial score (nSPS) is 12.5. The number of amides is 1. The van der Waals surface area contributed by atoms with Gasteiger partial charge < -0.3 is 10.1 Å². The third kappa shape index (κ3) is 5.88. The van der Waals surface area contributed by atoms with Crippen LogP contribution < -0.4 is 14.8 Å². The van der Waals surface area contributed by atoms with E-state index in [1.165, 1.54) is 7.11 Å². The van der Waals surface area contributed by atoms with Crippen LogP contribution in [-0.2, 0) is 14.8 Å². The fourth-order valence-electron chi connectivity index (χ4n) is 2.31. The van der Waals surface area contributed by atoms with Gasteiger partial charge >= 0.3 is 0 Å². The van der Waals surface area contributed by atoms with Crippen molar-refractivity contribution in [1.82, 2.24) is 4.72 Å². The first-order valence-corrected chi connectivity index (χ1v) is 10.2. The van der Waals surface area contributed by atoms with Gasteiger partial charge in [-0.3, -0.25) is 4.79 Å². The van der Waals surface area contributed by atoms with Crippen molar-refractivity contribution in [3.05, 3.63) is 58.1 Å². The van der Waals surface area contributed by atoms with Gasteiger partial charge in [0.05, 0.1) is 35.1 Å². The van der Waals surface area contributed by atoms with Crippen LogP contribution in [-0.4, -0.2) is 27.7 Å². The smallest absolute Gasteiger partial charge is 0.226 e. The maximum Gasteiger partial charge on any atom is 0.226 e. The second-order valence-corrected chi connectivity index (χ2v) is 8.13. The zero-order chi connectivity index (χ0) is 19.3. The summed E-state index contributed by atoms with van der Waals surface area (Å²) >= 11 is 12.0. The van der Waals surface area contributed by atoms with Crippen LogP contribution in [0.3, 0.4) is 0 Å². The van der Waals surface area contributed by atoms with Crippen molar-refractivity contribution in [2.45, 2.75) is 12.5 Å². The molecular weight excluding hydrogens is 399 g/mol. The molecule has 0 spiro atoms. The van der Waals surface area contributed by atoms with E-state index in [9.17, 15) is 13.2 Å². The topological polar surface area (TPSA) is 84.5 Å². The second kappa shape index (κ2) is 8.73. The van der Waals surface area contributed by atoms with Crippen molar-refractivity contribution in [2.75, 3.05) is 18.7 Å². The zero-order valence-electron chi connectivity index (χ0n) is 14.1. The molecule has 0 aromatic heterocycles. The van der Waals surface area contributed by atoms with Crippen molar-refractivity contribution >= 4 is 44.8 Å². The Morgan fingerprint density at radius 2 is 1.81 bits per heavy atom. The molecule has 140 valence electrons. The highest BCUT2D eigenvalue weighted by atomic mass is 35.5. The number of carbonyl (C=O) groups is 1. The van der Waals surface area contributed by atoms with Crippen LogP contribution in [0.1, 0.15) is 18.0 Å². The first-order valence-electron chi connectivity index (χ1n) is 7.54. The average Bonchev–Trinajstić information content (AvgIpc) is 2.57. The van der Waals surface area contributed by atoms with Crippen LogP contribution in [0.15, 0.2) is 42.5 Å². The summed E-state index contributed by atoms with van der Waals surface area (Å²) in [5.41, 5.74) is 0.987. The number of nitrogens with one attached hydrogen (secondary N) is 2. The van der Waals surface area contributed by atoms with E-state index in [0.29, 0.717) is 22.0 Å². The highest BCUT2D eigenvalue weighted by Crippen LogP contribution is 2.30. The third-order valence-electron chi connectivity index (χ3n) is 3.49. The van der Waals surface area contributed by atoms with Crippen LogP contribution in [0.25, 0.3) is 0 Å². The number of sulfonamides is 1. The van der Waals surface area contributed by atoms with E-state index < -0.39 is 22.0 Å². The quantitative estimate of drug-likeness (QED) is 0.721. The Hall–Kier alpha value is -1.80. The van der Waals surface area contributed by atoms with Crippen LogP contribution in [0.2, 0.25) is 10.0 Å². The molecule has 0 radical (unpaired) electrons. The molecule has 0 heterocycles. The highest BCUT2D eigenvalue weighted by molar-refractivity contribution is 7.88. The molecule has 9 heteroatoms. The molecule has 0 aliphatic rings. The minimum Gasteiger partial charge on any atom is -0.497 e. The number of carbonyl (C=O) groups excluding carboxylic acids is 1. The maximum absolute atomic E-state index is 12.4. The summed E-state index contributed by atoms with van der Waals surface area (Å²) in [6, 6.07) is 10.9. The minimum atomic E-state index is -3.53. The van der Waals surface area contributed by atoms with Crippen molar-refractivity contribution in [2.24, 2.45) is 0 Å². The zero-order valence-corrected chi connectivity index (χ0v) is 16.5. The molecular formula is C17H18Cl2N2O4S. The van der Waals surface area contributed by atoms with Crippen molar-refractivity contribution < 1.29 is 17.9 Å². The molecule has 0 unspecified atom stereocenters. The lowest BCUT2D eigenvalue weighted by Crippen LogP contribution is -2.30. The highest BCUT2D eigenvalue weighted by Gasteiger charge is 2.20. The summed E-state index contributed by atoms with van der Waals surface area (Å²) in [6.45, 7) is 0. The van der Waals surface area contributed by atoms with Gasteiger partial charge in [0, 0.05) is 6.42 Å². The number of hydrogen-bond acceptors (Lipinski definition) is 4. The Bertz CT molecular complexity index is 886. The Morgan fingerprint density at radius 3 is 2.38 bits per heavy atom. The molecule has 0 saturated carbocycles. The van der Waals surface area contributed by atoms with Gasteiger partial charge in [0.15, 0.2) is 0 Å². The molecule has 2 rings (SSSR count). The Morgan fingerprint density at radius 1 is 1.15 bits per heavy atom. The van der Waals surface area contributed by atoms with E-state index in [2.05, 4.69) is 10.0 Å². The van der Waals surface area contributed by atoms with Gasteiger partial charge in [-0.25, -0.2) is 13.1 Å². The van der Waals surface area contributed by atoms with E-state index in [1.807, 2.05) is 0 Å². The van der Waals surface area contributed by atoms with Crippen LogP contribution >= 0.6 is 23.2 Å². The molecule has 0 aliphatic carbocycles. The molecule has 1 atom stereocenters. The van der Waals surface area contributed by atoms with Gasteiger partial charge in [-0.05, 0) is 29.8 Å². The number of halogens is 2. The first-order chi connectivity index (χ1) is 12.2. The van der Waals surface area contributed by atoms with Crippen LogP contribution in [0.4, 0.5) is 5.69 Å². The van der Waals surface area contributed by atoms with Crippen LogP contribution in [0.5, 0.6) is 5.75 Å². The number of methoxy groups -OCH3 is 1. The summed E-state index contributed by atoms with van der Waals surface area (Å²) in [4.78, 5) is 12.4. The van der Waals surface area contributed by atoms with E-state index >= 15 is 0 Å². The van der Waals surface area contributed by atoms with Gasteiger partial charge in [-0.2, -0.15) is 0 Å². The molecule has 0 saturated heterocycles. The molecule has 2 N–H and O–H groups in total. The lowest BCUT2D eigenvalue weighted by molar-refractivity contribution is -0.116. The Balaban J connectivity index is 2.19. The van der Waals surface area contributed by atoms with E-state index in [-0.39, 0.29) is 11.4 Å². The van der Waals surface area contributed by atoms with Crippen molar-refractivity contribution in [3.8, 4) is 5.75 Å². The molecule has 6 nitrogen and oxygen atoms in total. The standard InChI is InChI=1S/C17H18Cl2N2O4S/c1-25-12-8-6-11(7-9-12)15(21-26(2,23)24)10-16(22)20-14-5-3-4-13(18)17(14)19/h3-9,15,21H,10H2,1-2H3,(H,20,22)/t15-/m0/s1. The lowest BCUT2D eigenvalue weighted by Gasteiger charge is -2.18. The summed E-state index contributed by atoms with van der Waals surface area (Å²) < 4.78 is 30.9. The van der Waals surface area contributed by atoms with E-state index in [1.54, 1.807) is 42.5 Å².